The molecule has 1 amide bonds. The van der Waals surface area contributed by atoms with Crippen molar-refractivity contribution in [2.24, 2.45) is 11.7 Å². The van der Waals surface area contributed by atoms with Crippen molar-refractivity contribution in [3.8, 4) is 5.75 Å². The van der Waals surface area contributed by atoms with Crippen LogP contribution in [0.4, 0.5) is 5.69 Å². The lowest BCUT2D eigenvalue weighted by Crippen LogP contribution is -2.20. The molecule has 0 saturated carbocycles. The maximum atomic E-state index is 11.6. The highest BCUT2D eigenvalue weighted by Crippen LogP contribution is 2.21. The van der Waals surface area contributed by atoms with Crippen molar-refractivity contribution in [2.75, 3.05) is 19.0 Å². The summed E-state index contributed by atoms with van der Waals surface area (Å²) < 4.78 is 5.16. The highest BCUT2D eigenvalue weighted by molar-refractivity contribution is 5.91. The number of benzene rings is 1. The molecule has 0 saturated heterocycles. The summed E-state index contributed by atoms with van der Waals surface area (Å²) in [6.45, 7) is 4.42. The Labute approximate surface area is 102 Å². The largest absolute Gasteiger partial charge is 0.496 e. The summed E-state index contributed by atoms with van der Waals surface area (Å²) in [5, 5.41) is 2.85. The van der Waals surface area contributed by atoms with Gasteiger partial charge in [0, 0.05) is 12.1 Å². The molecule has 0 aliphatic rings. The highest BCUT2D eigenvalue weighted by Gasteiger charge is 2.08. The van der Waals surface area contributed by atoms with Crippen molar-refractivity contribution in [1.29, 1.82) is 0 Å². The van der Waals surface area contributed by atoms with Crippen LogP contribution < -0.4 is 15.8 Å². The Bertz CT molecular complexity index is 391. The lowest BCUT2D eigenvalue weighted by molar-refractivity contribution is -0.116. The van der Waals surface area contributed by atoms with E-state index in [1.54, 1.807) is 7.11 Å². The van der Waals surface area contributed by atoms with Crippen LogP contribution in [0.2, 0.25) is 0 Å². The molecule has 0 aliphatic carbocycles. The number of nitrogens with one attached hydrogen (secondary N) is 1. The van der Waals surface area contributed by atoms with Crippen LogP contribution in [0.1, 0.15) is 18.9 Å². The number of nitrogens with two attached hydrogens (primary N) is 1. The molecule has 94 valence electrons. The number of amides is 1. The fourth-order valence-electron chi connectivity index (χ4n) is 1.57. The molecule has 4 heteroatoms. The van der Waals surface area contributed by atoms with Gasteiger partial charge >= 0.3 is 0 Å². The Morgan fingerprint density at radius 2 is 2.24 bits per heavy atom. The molecule has 3 N–H and O–H groups in total. The minimum absolute atomic E-state index is 0.00693. The second kappa shape index (κ2) is 6.25. The van der Waals surface area contributed by atoms with Crippen LogP contribution in [-0.2, 0) is 4.79 Å². The van der Waals surface area contributed by atoms with E-state index in [4.69, 9.17) is 10.5 Å². The molecular formula is C13H20N2O2. The summed E-state index contributed by atoms with van der Waals surface area (Å²) in [6.07, 6.45) is 0.446. The van der Waals surface area contributed by atoms with E-state index in [1.807, 2.05) is 32.0 Å². The molecule has 1 atom stereocenters. The first-order valence-electron chi connectivity index (χ1n) is 5.71. The van der Waals surface area contributed by atoms with E-state index >= 15 is 0 Å². The standard InChI is InChI=1S/C13H20N2O2/c1-9(8-14)6-13(16)15-11-4-5-12(17-3)10(2)7-11/h4-5,7,9H,6,8,14H2,1-3H3,(H,15,16). The SMILES string of the molecule is COc1ccc(NC(=O)CC(C)CN)cc1C. The van der Waals surface area contributed by atoms with Gasteiger partial charge in [0.25, 0.3) is 0 Å². The molecule has 1 rings (SSSR count). The number of carbonyl (C=O) groups is 1. The summed E-state index contributed by atoms with van der Waals surface area (Å²) in [5.41, 5.74) is 7.27. The number of ether oxygens (including phenoxy) is 1. The average Bonchev–Trinajstić information content (AvgIpc) is 2.29. The quantitative estimate of drug-likeness (QED) is 0.821. The summed E-state index contributed by atoms with van der Waals surface area (Å²) in [7, 11) is 1.63. The van der Waals surface area contributed by atoms with Gasteiger partial charge in [0.05, 0.1) is 7.11 Å². The van der Waals surface area contributed by atoms with E-state index in [-0.39, 0.29) is 11.8 Å². The smallest absolute Gasteiger partial charge is 0.224 e. The number of rotatable bonds is 5. The topological polar surface area (TPSA) is 64.3 Å². The molecule has 17 heavy (non-hydrogen) atoms. The third-order valence-corrected chi connectivity index (χ3v) is 2.61. The molecule has 0 fully saturated rings. The van der Waals surface area contributed by atoms with E-state index < -0.39 is 0 Å². The fraction of sp³-hybridized carbons (Fsp3) is 0.462. The minimum Gasteiger partial charge on any atom is -0.496 e. The van der Waals surface area contributed by atoms with Gasteiger partial charge < -0.3 is 15.8 Å². The predicted octanol–water partition coefficient (Wildman–Crippen LogP) is 1.93. The summed E-state index contributed by atoms with van der Waals surface area (Å²) in [5.74, 6) is 1.01. The van der Waals surface area contributed by atoms with Crippen LogP contribution in [-0.4, -0.2) is 19.6 Å². The Kier molecular flexibility index (Phi) is 4.97. The summed E-state index contributed by atoms with van der Waals surface area (Å²) in [4.78, 5) is 11.6. The predicted molar refractivity (Wildman–Crippen MR) is 69.2 cm³/mol. The van der Waals surface area contributed by atoms with Gasteiger partial charge in [-0.1, -0.05) is 6.92 Å². The number of anilines is 1. The van der Waals surface area contributed by atoms with Crippen molar-refractivity contribution in [3.63, 3.8) is 0 Å². The van der Waals surface area contributed by atoms with Crippen molar-refractivity contribution >= 4 is 11.6 Å². The lowest BCUT2D eigenvalue weighted by atomic mass is 10.1. The van der Waals surface area contributed by atoms with Crippen LogP contribution in [0.3, 0.4) is 0 Å². The van der Waals surface area contributed by atoms with Gasteiger partial charge in [-0.2, -0.15) is 0 Å². The van der Waals surface area contributed by atoms with E-state index in [2.05, 4.69) is 5.32 Å². The molecule has 0 aromatic heterocycles. The number of hydrogen-bond acceptors (Lipinski definition) is 3. The molecule has 0 radical (unpaired) electrons. The van der Waals surface area contributed by atoms with Gasteiger partial charge in [0.2, 0.25) is 5.91 Å². The fourth-order valence-corrected chi connectivity index (χ4v) is 1.57. The van der Waals surface area contributed by atoms with Crippen LogP contribution in [0, 0.1) is 12.8 Å². The van der Waals surface area contributed by atoms with Crippen molar-refractivity contribution in [1.82, 2.24) is 0 Å². The Hall–Kier alpha value is -1.55. The molecule has 0 bridgehead atoms. The summed E-state index contributed by atoms with van der Waals surface area (Å²) >= 11 is 0. The third-order valence-electron chi connectivity index (χ3n) is 2.61. The summed E-state index contributed by atoms with van der Waals surface area (Å²) in [6, 6.07) is 5.57. The highest BCUT2D eigenvalue weighted by atomic mass is 16.5. The monoisotopic (exact) mass is 236 g/mol. The van der Waals surface area contributed by atoms with Gasteiger partial charge in [-0.3, -0.25) is 4.79 Å². The third kappa shape index (κ3) is 4.07. The Balaban J connectivity index is 2.63. The normalized spacial score (nSPS) is 12.0. The zero-order valence-electron chi connectivity index (χ0n) is 10.6. The molecule has 0 heterocycles. The molecule has 1 aromatic rings. The first-order valence-corrected chi connectivity index (χ1v) is 5.71. The molecule has 0 spiro atoms. The zero-order chi connectivity index (χ0) is 12.8. The zero-order valence-corrected chi connectivity index (χ0v) is 10.6. The average molecular weight is 236 g/mol. The number of hydrogen-bond donors (Lipinski definition) is 2. The second-order valence-corrected chi connectivity index (χ2v) is 4.28. The number of methoxy groups -OCH3 is 1. The van der Waals surface area contributed by atoms with Gasteiger partial charge in [0.15, 0.2) is 0 Å². The van der Waals surface area contributed by atoms with Gasteiger partial charge in [-0.15, -0.1) is 0 Å². The molecular weight excluding hydrogens is 216 g/mol. The van der Waals surface area contributed by atoms with Crippen molar-refractivity contribution in [3.05, 3.63) is 23.8 Å². The maximum Gasteiger partial charge on any atom is 0.224 e. The molecule has 1 aromatic carbocycles. The van der Waals surface area contributed by atoms with E-state index in [9.17, 15) is 4.79 Å². The van der Waals surface area contributed by atoms with Crippen LogP contribution in [0.15, 0.2) is 18.2 Å². The van der Waals surface area contributed by atoms with Crippen LogP contribution >= 0.6 is 0 Å². The van der Waals surface area contributed by atoms with Gasteiger partial charge in [0.1, 0.15) is 5.75 Å². The second-order valence-electron chi connectivity index (χ2n) is 4.28. The maximum absolute atomic E-state index is 11.6. The van der Waals surface area contributed by atoms with E-state index in [1.165, 1.54) is 0 Å². The number of carbonyl (C=O) groups excluding carboxylic acids is 1. The Morgan fingerprint density at radius 1 is 1.53 bits per heavy atom. The first-order chi connectivity index (χ1) is 8.06. The van der Waals surface area contributed by atoms with Gasteiger partial charge in [-0.25, -0.2) is 0 Å². The van der Waals surface area contributed by atoms with Crippen molar-refractivity contribution in [2.45, 2.75) is 20.3 Å². The molecule has 0 aliphatic heterocycles. The molecule has 4 nitrogen and oxygen atoms in total. The number of aryl methyl sites for hydroxylation is 1. The van der Waals surface area contributed by atoms with Crippen molar-refractivity contribution < 1.29 is 9.53 Å². The van der Waals surface area contributed by atoms with Crippen LogP contribution in [0.5, 0.6) is 5.75 Å². The van der Waals surface area contributed by atoms with Gasteiger partial charge in [-0.05, 0) is 43.1 Å². The Morgan fingerprint density at radius 3 is 2.76 bits per heavy atom. The first kappa shape index (κ1) is 13.5. The van der Waals surface area contributed by atoms with E-state index in [0.717, 1.165) is 17.0 Å². The van der Waals surface area contributed by atoms with Crippen LogP contribution in [0.25, 0.3) is 0 Å². The lowest BCUT2D eigenvalue weighted by Gasteiger charge is -2.11. The molecule has 1 unspecified atom stereocenters. The van der Waals surface area contributed by atoms with E-state index in [0.29, 0.717) is 13.0 Å². The minimum atomic E-state index is -0.00693.